The molecule has 2 aromatic carbocycles. The van der Waals surface area contributed by atoms with Gasteiger partial charge in [0, 0.05) is 15.6 Å². The maximum absolute atomic E-state index is 14.1. The number of nitrogens with zero attached hydrogens (tertiary/aromatic N) is 1. The van der Waals surface area contributed by atoms with Gasteiger partial charge < -0.3 is 5.73 Å². The van der Waals surface area contributed by atoms with Crippen molar-refractivity contribution in [3.8, 4) is 22.4 Å². The molecule has 3 nitrogen and oxygen atoms in total. The highest BCUT2D eigenvalue weighted by molar-refractivity contribution is 9.10. The molecule has 0 atom stereocenters. The first-order valence-electron chi connectivity index (χ1n) is 6.12. The Hall–Kier alpha value is -2.21. The number of anilines is 1. The molecule has 0 unspecified atom stereocenters. The van der Waals surface area contributed by atoms with E-state index in [-0.39, 0.29) is 16.9 Å². The molecule has 0 bridgehead atoms. The molecule has 1 aromatic heterocycles. The fourth-order valence-corrected chi connectivity index (χ4v) is 2.51. The summed E-state index contributed by atoms with van der Waals surface area (Å²) in [6.07, 6.45) is 0. The van der Waals surface area contributed by atoms with Crippen LogP contribution in [0, 0.1) is 11.6 Å². The lowest BCUT2D eigenvalue weighted by Gasteiger charge is -2.07. The second-order valence-corrected chi connectivity index (χ2v) is 5.38. The summed E-state index contributed by atoms with van der Waals surface area (Å²) in [5.74, 6) is -0.771. The summed E-state index contributed by atoms with van der Waals surface area (Å²) in [6.45, 7) is 0. The zero-order valence-electron chi connectivity index (χ0n) is 10.7. The van der Waals surface area contributed by atoms with Crippen LogP contribution in [0.3, 0.4) is 0 Å². The Kier molecular flexibility index (Phi) is 3.47. The van der Waals surface area contributed by atoms with E-state index in [0.29, 0.717) is 15.7 Å². The second kappa shape index (κ2) is 5.29. The van der Waals surface area contributed by atoms with Crippen molar-refractivity contribution in [3.05, 3.63) is 58.6 Å². The standard InChI is InChI=1S/C15H10BrF2N3/c16-8-5-6-10(12(18)7-8)14-13(15(19)21-20-14)9-3-1-2-4-11(9)17/h1-7H,(H3,19,20,21). The Balaban J connectivity index is 2.25. The summed E-state index contributed by atoms with van der Waals surface area (Å²) in [5, 5.41) is 6.56. The van der Waals surface area contributed by atoms with E-state index in [1.807, 2.05) is 0 Å². The summed E-state index contributed by atoms with van der Waals surface area (Å²) < 4.78 is 28.7. The van der Waals surface area contributed by atoms with Crippen molar-refractivity contribution in [2.24, 2.45) is 0 Å². The van der Waals surface area contributed by atoms with E-state index in [0.717, 1.165) is 0 Å². The van der Waals surface area contributed by atoms with Gasteiger partial charge in [0.15, 0.2) is 5.82 Å². The molecule has 0 aliphatic rings. The molecular formula is C15H10BrF2N3. The Morgan fingerprint density at radius 1 is 1.00 bits per heavy atom. The molecule has 1 heterocycles. The lowest BCUT2D eigenvalue weighted by molar-refractivity contribution is 0.628. The summed E-state index contributed by atoms with van der Waals surface area (Å²) in [5.41, 5.74) is 7.08. The van der Waals surface area contributed by atoms with Crippen LogP contribution in [0.25, 0.3) is 22.4 Å². The summed E-state index contributed by atoms with van der Waals surface area (Å²) in [7, 11) is 0. The van der Waals surface area contributed by atoms with Crippen LogP contribution in [0.5, 0.6) is 0 Å². The normalized spacial score (nSPS) is 10.8. The third-order valence-electron chi connectivity index (χ3n) is 3.14. The molecule has 0 fully saturated rings. The molecule has 0 amide bonds. The average Bonchev–Trinajstić information content (AvgIpc) is 2.81. The first-order chi connectivity index (χ1) is 10.1. The number of aromatic amines is 1. The molecule has 6 heteroatoms. The van der Waals surface area contributed by atoms with Crippen molar-refractivity contribution in [1.29, 1.82) is 0 Å². The first-order valence-corrected chi connectivity index (χ1v) is 6.91. The monoisotopic (exact) mass is 349 g/mol. The minimum atomic E-state index is -0.453. The number of benzene rings is 2. The maximum atomic E-state index is 14.1. The SMILES string of the molecule is Nc1n[nH]c(-c2ccc(Br)cc2F)c1-c1ccccc1F. The van der Waals surface area contributed by atoms with Crippen LogP contribution in [-0.2, 0) is 0 Å². The van der Waals surface area contributed by atoms with Crippen molar-refractivity contribution in [2.45, 2.75) is 0 Å². The van der Waals surface area contributed by atoms with Crippen LogP contribution in [0.1, 0.15) is 0 Å². The van der Waals surface area contributed by atoms with Gasteiger partial charge in [0.2, 0.25) is 0 Å². The number of nitrogen functional groups attached to an aromatic ring is 1. The Bertz CT molecular complexity index is 814. The molecule has 3 rings (SSSR count). The highest BCUT2D eigenvalue weighted by Crippen LogP contribution is 2.37. The first kappa shape index (κ1) is 13.8. The van der Waals surface area contributed by atoms with E-state index in [4.69, 9.17) is 5.73 Å². The van der Waals surface area contributed by atoms with Crippen LogP contribution in [0.2, 0.25) is 0 Å². The third kappa shape index (κ3) is 2.42. The van der Waals surface area contributed by atoms with Gasteiger partial charge in [-0.3, -0.25) is 5.10 Å². The van der Waals surface area contributed by atoms with Crippen LogP contribution in [0.4, 0.5) is 14.6 Å². The quantitative estimate of drug-likeness (QED) is 0.721. The van der Waals surface area contributed by atoms with Crippen LogP contribution < -0.4 is 5.73 Å². The van der Waals surface area contributed by atoms with Gasteiger partial charge in [-0.1, -0.05) is 34.1 Å². The summed E-state index contributed by atoms with van der Waals surface area (Å²) in [4.78, 5) is 0. The van der Waals surface area contributed by atoms with E-state index in [1.54, 1.807) is 30.3 Å². The number of H-pyrrole nitrogens is 1. The van der Waals surface area contributed by atoms with Crippen LogP contribution >= 0.6 is 15.9 Å². The second-order valence-electron chi connectivity index (χ2n) is 4.46. The van der Waals surface area contributed by atoms with Gasteiger partial charge in [-0.25, -0.2) is 8.78 Å². The van der Waals surface area contributed by atoms with E-state index >= 15 is 0 Å². The van der Waals surface area contributed by atoms with E-state index in [1.165, 1.54) is 12.1 Å². The molecule has 0 aliphatic heterocycles. The molecule has 0 saturated carbocycles. The van der Waals surface area contributed by atoms with Crippen molar-refractivity contribution in [3.63, 3.8) is 0 Å². The van der Waals surface area contributed by atoms with Gasteiger partial charge in [0.1, 0.15) is 11.6 Å². The summed E-state index contributed by atoms with van der Waals surface area (Å²) in [6, 6.07) is 10.8. The van der Waals surface area contributed by atoms with Gasteiger partial charge in [0.25, 0.3) is 0 Å². The fourth-order valence-electron chi connectivity index (χ4n) is 2.18. The van der Waals surface area contributed by atoms with E-state index < -0.39 is 11.6 Å². The number of nitrogens with one attached hydrogen (secondary N) is 1. The molecule has 0 saturated heterocycles. The van der Waals surface area contributed by atoms with Crippen molar-refractivity contribution in [1.82, 2.24) is 10.2 Å². The van der Waals surface area contributed by atoms with Crippen LogP contribution in [0.15, 0.2) is 46.9 Å². The highest BCUT2D eigenvalue weighted by Gasteiger charge is 2.19. The van der Waals surface area contributed by atoms with Crippen LogP contribution in [-0.4, -0.2) is 10.2 Å². The predicted octanol–water partition coefficient (Wildman–Crippen LogP) is 4.37. The van der Waals surface area contributed by atoms with Gasteiger partial charge >= 0.3 is 0 Å². The van der Waals surface area contributed by atoms with E-state index in [9.17, 15) is 8.78 Å². The Morgan fingerprint density at radius 3 is 2.48 bits per heavy atom. The predicted molar refractivity (Wildman–Crippen MR) is 81.5 cm³/mol. The van der Waals surface area contributed by atoms with Crippen molar-refractivity contribution >= 4 is 21.7 Å². The van der Waals surface area contributed by atoms with Crippen molar-refractivity contribution < 1.29 is 8.78 Å². The van der Waals surface area contributed by atoms with Gasteiger partial charge in [0.05, 0.1) is 11.3 Å². The fraction of sp³-hybridized carbons (Fsp3) is 0. The molecule has 0 aliphatic carbocycles. The molecule has 0 spiro atoms. The number of halogens is 3. The van der Waals surface area contributed by atoms with Gasteiger partial charge in [-0.2, -0.15) is 5.10 Å². The molecular weight excluding hydrogens is 340 g/mol. The molecule has 0 radical (unpaired) electrons. The Labute approximate surface area is 127 Å². The number of nitrogens with two attached hydrogens (primary N) is 1. The highest BCUT2D eigenvalue weighted by atomic mass is 79.9. The Morgan fingerprint density at radius 2 is 1.76 bits per heavy atom. The number of rotatable bonds is 2. The van der Waals surface area contributed by atoms with Gasteiger partial charge in [-0.05, 0) is 24.3 Å². The number of hydrogen-bond donors (Lipinski definition) is 2. The molecule has 3 N–H and O–H groups in total. The zero-order chi connectivity index (χ0) is 15.0. The van der Waals surface area contributed by atoms with Crippen molar-refractivity contribution in [2.75, 3.05) is 5.73 Å². The summed E-state index contributed by atoms with van der Waals surface area (Å²) >= 11 is 3.20. The smallest absolute Gasteiger partial charge is 0.153 e. The maximum Gasteiger partial charge on any atom is 0.153 e. The lowest BCUT2D eigenvalue weighted by Crippen LogP contribution is -1.92. The van der Waals surface area contributed by atoms with Gasteiger partial charge in [-0.15, -0.1) is 0 Å². The minimum Gasteiger partial charge on any atom is -0.382 e. The zero-order valence-corrected chi connectivity index (χ0v) is 12.3. The van der Waals surface area contributed by atoms with E-state index in [2.05, 4.69) is 26.1 Å². The lowest BCUT2D eigenvalue weighted by atomic mass is 10.00. The minimum absolute atomic E-state index is 0.123. The third-order valence-corrected chi connectivity index (χ3v) is 3.63. The topological polar surface area (TPSA) is 54.7 Å². The molecule has 21 heavy (non-hydrogen) atoms. The molecule has 106 valence electrons. The number of hydrogen-bond acceptors (Lipinski definition) is 2. The molecule has 3 aromatic rings. The number of aromatic nitrogens is 2. The average molecular weight is 350 g/mol. The largest absolute Gasteiger partial charge is 0.382 e.